The molecule has 0 aliphatic carbocycles. The Morgan fingerprint density at radius 3 is 2.56 bits per heavy atom. The zero-order valence-corrected chi connectivity index (χ0v) is 15.4. The number of hydrogen-bond acceptors (Lipinski definition) is 4. The molecule has 1 aliphatic heterocycles. The first kappa shape index (κ1) is 18.5. The molecule has 0 saturated heterocycles. The number of rotatable bonds is 5. The van der Waals surface area contributed by atoms with Gasteiger partial charge in [0.05, 0.1) is 24.8 Å². The summed E-state index contributed by atoms with van der Waals surface area (Å²) < 4.78 is 5.16. The van der Waals surface area contributed by atoms with Gasteiger partial charge in [-0.2, -0.15) is 0 Å². The van der Waals surface area contributed by atoms with Gasteiger partial charge in [-0.15, -0.1) is 0 Å². The van der Waals surface area contributed by atoms with Gasteiger partial charge in [-0.25, -0.2) is 0 Å². The van der Waals surface area contributed by atoms with Crippen LogP contribution in [0.2, 0.25) is 0 Å². The van der Waals surface area contributed by atoms with Gasteiger partial charge in [-0.1, -0.05) is 24.3 Å². The van der Waals surface area contributed by atoms with Crippen molar-refractivity contribution in [2.45, 2.75) is 12.8 Å². The van der Waals surface area contributed by atoms with E-state index in [1.54, 1.807) is 30.2 Å². The predicted molar refractivity (Wildman–Crippen MR) is 104 cm³/mol. The summed E-state index contributed by atoms with van der Waals surface area (Å²) in [6, 6.07) is 14.8. The molecule has 6 heteroatoms. The van der Waals surface area contributed by atoms with Gasteiger partial charge in [-0.3, -0.25) is 9.59 Å². The van der Waals surface area contributed by atoms with E-state index in [1.165, 1.54) is 7.05 Å². The van der Waals surface area contributed by atoms with Crippen molar-refractivity contribution in [3.8, 4) is 5.75 Å². The Kier molecular flexibility index (Phi) is 5.45. The third kappa shape index (κ3) is 3.79. The lowest BCUT2D eigenvalue weighted by atomic mass is 10.1. The Bertz CT molecular complexity index is 887. The van der Waals surface area contributed by atoms with Gasteiger partial charge in [0.1, 0.15) is 11.5 Å². The number of fused-ring (bicyclic) bond motifs is 1. The van der Waals surface area contributed by atoms with Crippen LogP contribution in [0.3, 0.4) is 0 Å². The summed E-state index contributed by atoms with van der Waals surface area (Å²) in [6.07, 6.45) is 0.489. The maximum absolute atomic E-state index is 12.9. The Balaban J connectivity index is 1.89. The molecule has 2 amide bonds. The van der Waals surface area contributed by atoms with Crippen LogP contribution in [0.15, 0.2) is 54.1 Å². The molecule has 6 nitrogen and oxygen atoms in total. The number of carbonyl (C=O) groups is 2. The molecule has 0 atom stereocenters. The van der Waals surface area contributed by atoms with Crippen LogP contribution in [0.25, 0.3) is 5.76 Å². The fraction of sp³-hybridized carbons (Fsp3) is 0.238. The van der Waals surface area contributed by atoms with Crippen LogP contribution in [-0.2, 0) is 16.0 Å². The second-order valence-electron chi connectivity index (χ2n) is 6.24. The average molecular weight is 366 g/mol. The van der Waals surface area contributed by atoms with E-state index in [0.717, 1.165) is 11.3 Å². The quantitative estimate of drug-likeness (QED) is 0.853. The van der Waals surface area contributed by atoms with Crippen molar-refractivity contribution in [2.24, 2.45) is 0 Å². The minimum Gasteiger partial charge on any atom is -0.507 e. The summed E-state index contributed by atoms with van der Waals surface area (Å²) in [5.74, 6) is -0.0456. The van der Waals surface area contributed by atoms with E-state index in [1.807, 2.05) is 30.3 Å². The van der Waals surface area contributed by atoms with Crippen molar-refractivity contribution in [3.05, 3.63) is 65.2 Å². The number of amides is 2. The lowest BCUT2D eigenvalue weighted by Gasteiger charge is -2.23. The van der Waals surface area contributed by atoms with Gasteiger partial charge in [0, 0.05) is 19.2 Å². The number of likely N-dealkylation sites (N-methyl/N-ethyl adjacent to an activating group) is 1. The number of anilines is 1. The molecule has 27 heavy (non-hydrogen) atoms. The minimum absolute atomic E-state index is 0.0851. The van der Waals surface area contributed by atoms with E-state index in [2.05, 4.69) is 5.32 Å². The first-order valence-corrected chi connectivity index (χ1v) is 8.72. The highest BCUT2D eigenvalue weighted by atomic mass is 16.5. The van der Waals surface area contributed by atoms with Crippen molar-refractivity contribution in [1.29, 1.82) is 0 Å². The molecular formula is C21H22N2O4. The number of benzene rings is 2. The second-order valence-corrected chi connectivity index (χ2v) is 6.24. The molecule has 1 aliphatic rings. The fourth-order valence-electron chi connectivity index (χ4n) is 3.15. The normalized spacial score (nSPS) is 13.9. The number of aliphatic hydroxyl groups is 1. The third-order valence-corrected chi connectivity index (χ3v) is 4.65. The largest absolute Gasteiger partial charge is 0.507 e. The van der Waals surface area contributed by atoms with Gasteiger partial charge < -0.3 is 20.1 Å². The number of methoxy groups -OCH3 is 1. The van der Waals surface area contributed by atoms with E-state index in [9.17, 15) is 14.7 Å². The van der Waals surface area contributed by atoms with Crippen LogP contribution in [0.1, 0.15) is 17.5 Å². The highest BCUT2D eigenvalue weighted by molar-refractivity contribution is 6.10. The lowest BCUT2D eigenvalue weighted by molar-refractivity contribution is -0.121. The highest BCUT2D eigenvalue weighted by Gasteiger charge is 2.29. The molecule has 0 saturated carbocycles. The second kappa shape index (κ2) is 7.95. The molecule has 1 heterocycles. The van der Waals surface area contributed by atoms with E-state index in [4.69, 9.17) is 4.74 Å². The van der Waals surface area contributed by atoms with E-state index in [0.29, 0.717) is 24.2 Å². The zero-order chi connectivity index (χ0) is 19.4. The molecule has 140 valence electrons. The Morgan fingerprint density at radius 1 is 1.19 bits per heavy atom. The Hall–Kier alpha value is -3.28. The number of aliphatic hydroxyl groups excluding tert-OH is 1. The molecule has 2 N–H and O–H groups in total. The fourth-order valence-corrected chi connectivity index (χ4v) is 3.15. The van der Waals surface area contributed by atoms with E-state index in [-0.39, 0.29) is 23.7 Å². The number of para-hydroxylation sites is 1. The van der Waals surface area contributed by atoms with Crippen molar-refractivity contribution >= 4 is 23.3 Å². The number of ether oxygens (including phenoxy) is 1. The third-order valence-electron chi connectivity index (χ3n) is 4.65. The van der Waals surface area contributed by atoms with Crippen molar-refractivity contribution < 1.29 is 19.4 Å². The standard InChI is InChI=1S/C21H22N2O4/c1-22-21(26)17-13-19(24)23(18-6-4-3-5-16(18)20(17)25)12-11-14-7-9-15(27-2)10-8-14/h3-10,25H,11-13H2,1-2H3,(H,22,26). The molecule has 0 aromatic heterocycles. The van der Waals surface area contributed by atoms with Gasteiger partial charge in [0.25, 0.3) is 5.91 Å². The smallest absolute Gasteiger partial charge is 0.251 e. The van der Waals surface area contributed by atoms with Gasteiger partial charge in [0.2, 0.25) is 5.91 Å². The maximum atomic E-state index is 12.9. The predicted octanol–water partition coefficient (Wildman–Crippen LogP) is 2.69. The SMILES string of the molecule is CNC(=O)C1=C(O)c2ccccc2N(CCc2ccc(OC)cc2)C(=O)C1. The first-order valence-electron chi connectivity index (χ1n) is 8.72. The summed E-state index contributed by atoms with van der Waals surface area (Å²) in [5.41, 5.74) is 2.24. The van der Waals surface area contributed by atoms with Gasteiger partial charge in [-0.05, 0) is 36.2 Å². The van der Waals surface area contributed by atoms with Crippen LogP contribution in [0, 0.1) is 0 Å². The summed E-state index contributed by atoms with van der Waals surface area (Å²) in [5, 5.41) is 13.1. The van der Waals surface area contributed by atoms with Crippen LogP contribution in [0.5, 0.6) is 5.75 Å². The van der Waals surface area contributed by atoms with Crippen LogP contribution in [-0.4, -0.2) is 37.6 Å². The molecule has 2 aromatic carbocycles. The van der Waals surface area contributed by atoms with Crippen molar-refractivity contribution in [3.63, 3.8) is 0 Å². The van der Waals surface area contributed by atoms with Crippen LogP contribution in [0.4, 0.5) is 5.69 Å². The van der Waals surface area contributed by atoms with Crippen LogP contribution >= 0.6 is 0 Å². The van der Waals surface area contributed by atoms with Gasteiger partial charge in [0.15, 0.2) is 0 Å². The highest BCUT2D eigenvalue weighted by Crippen LogP contribution is 2.33. The number of nitrogens with one attached hydrogen (secondary N) is 1. The average Bonchev–Trinajstić information content (AvgIpc) is 2.81. The van der Waals surface area contributed by atoms with Crippen molar-refractivity contribution in [1.82, 2.24) is 5.32 Å². The van der Waals surface area contributed by atoms with E-state index < -0.39 is 5.91 Å². The first-order chi connectivity index (χ1) is 13.0. The maximum Gasteiger partial charge on any atom is 0.251 e. The van der Waals surface area contributed by atoms with Gasteiger partial charge >= 0.3 is 0 Å². The molecule has 0 bridgehead atoms. The number of hydrogen-bond donors (Lipinski definition) is 2. The number of nitrogens with zero attached hydrogens (tertiary/aromatic N) is 1. The van der Waals surface area contributed by atoms with Crippen molar-refractivity contribution in [2.75, 3.05) is 25.6 Å². The van der Waals surface area contributed by atoms with Crippen LogP contribution < -0.4 is 15.0 Å². The summed E-state index contributed by atoms with van der Waals surface area (Å²) >= 11 is 0. The summed E-state index contributed by atoms with van der Waals surface area (Å²) in [7, 11) is 3.09. The molecular weight excluding hydrogens is 344 g/mol. The Labute approximate surface area is 158 Å². The molecule has 0 fully saturated rings. The monoisotopic (exact) mass is 366 g/mol. The summed E-state index contributed by atoms with van der Waals surface area (Å²) in [6.45, 7) is 0.441. The summed E-state index contributed by atoms with van der Waals surface area (Å²) in [4.78, 5) is 26.6. The molecule has 0 spiro atoms. The topological polar surface area (TPSA) is 78.9 Å². The van der Waals surface area contributed by atoms with E-state index >= 15 is 0 Å². The minimum atomic E-state index is -0.451. The molecule has 3 rings (SSSR count). The zero-order valence-electron chi connectivity index (χ0n) is 15.4. The number of carbonyl (C=O) groups excluding carboxylic acids is 2. The molecule has 2 aromatic rings. The lowest BCUT2D eigenvalue weighted by Crippen LogP contribution is -2.33. The molecule has 0 radical (unpaired) electrons. The Morgan fingerprint density at radius 2 is 1.89 bits per heavy atom. The molecule has 0 unspecified atom stereocenters.